The molecule has 2 rings (SSSR count). The highest BCUT2D eigenvalue weighted by Gasteiger charge is 2.47. The summed E-state index contributed by atoms with van der Waals surface area (Å²) in [5.41, 5.74) is 0.576. The Kier molecular flexibility index (Phi) is 5.92. The minimum absolute atomic E-state index is 0.146. The third-order valence-electron chi connectivity index (χ3n) is 4.18. The molecule has 25 heavy (non-hydrogen) atoms. The average Bonchev–Trinajstić information content (AvgIpc) is 2.53. The molecule has 1 N–H and O–H groups in total. The van der Waals surface area contributed by atoms with Crippen LogP contribution in [0, 0.1) is 0 Å². The van der Waals surface area contributed by atoms with Gasteiger partial charge in [-0.25, -0.2) is 0 Å². The summed E-state index contributed by atoms with van der Waals surface area (Å²) in [7, 11) is 1.48. The molecule has 0 aliphatic carbocycles. The minimum atomic E-state index is -4.49. The minimum Gasteiger partial charge on any atom is -0.497 e. The number of nitrogens with one attached hydrogen (secondary N) is 1. The molecule has 1 fully saturated rings. The first kappa shape index (κ1) is 19.1. The van der Waals surface area contributed by atoms with Gasteiger partial charge in [-0.05, 0) is 30.5 Å². The summed E-state index contributed by atoms with van der Waals surface area (Å²) in [4.78, 5) is 24.5. The molecule has 0 spiro atoms. The van der Waals surface area contributed by atoms with Crippen molar-refractivity contribution in [2.24, 2.45) is 0 Å². The van der Waals surface area contributed by atoms with Gasteiger partial charge in [-0.3, -0.25) is 9.59 Å². The number of methoxy groups -OCH3 is 1. The molecule has 0 aromatic heterocycles. The fourth-order valence-corrected chi connectivity index (χ4v) is 3.05. The molecular formula is C17H21F3N2O3. The summed E-state index contributed by atoms with van der Waals surface area (Å²) in [5, 5.41) is 2.60. The van der Waals surface area contributed by atoms with Gasteiger partial charge < -0.3 is 15.0 Å². The van der Waals surface area contributed by atoms with Gasteiger partial charge in [0.15, 0.2) is 0 Å². The van der Waals surface area contributed by atoms with Crippen LogP contribution in [0.15, 0.2) is 24.3 Å². The van der Waals surface area contributed by atoms with Crippen molar-refractivity contribution in [1.29, 1.82) is 0 Å². The number of halogens is 3. The molecule has 1 heterocycles. The van der Waals surface area contributed by atoms with Crippen LogP contribution in [0.4, 0.5) is 13.2 Å². The monoisotopic (exact) mass is 358 g/mol. The fraction of sp³-hybridized carbons (Fsp3) is 0.529. The van der Waals surface area contributed by atoms with Crippen molar-refractivity contribution >= 4 is 11.8 Å². The van der Waals surface area contributed by atoms with E-state index in [4.69, 9.17) is 4.74 Å². The number of carbonyl (C=O) groups is 2. The lowest BCUT2D eigenvalue weighted by Crippen LogP contribution is -2.58. The lowest BCUT2D eigenvalue weighted by atomic mass is 9.96. The maximum Gasteiger partial charge on any atom is 0.408 e. The van der Waals surface area contributed by atoms with Crippen molar-refractivity contribution in [1.82, 2.24) is 10.2 Å². The quantitative estimate of drug-likeness (QED) is 0.899. The fourth-order valence-electron chi connectivity index (χ4n) is 3.05. The molecule has 5 nitrogen and oxygen atoms in total. The van der Waals surface area contributed by atoms with Gasteiger partial charge in [-0.15, -0.1) is 0 Å². The van der Waals surface area contributed by atoms with Gasteiger partial charge in [-0.1, -0.05) is 12.1 Å². The summed E-state index contributed by atoms with van der Waals surface area (Å²) in [6.07, 6.45) is -4.69. The summed E-state index contributed by atoms with van der Waals surface area (Å²) in [6.45, 7) is 1.16. The summed E-state index contributed by atoms with van der Waals surface area (Å²) >= 11 is 0. The van der Waals surface area contributed by atoms with Crippen LogP contribution >= 0.6 is 0 Å². The summed E-state index contributed by atoms with van der Waals surface area (Å²) < 4.78 is 45.0. The second-order valence-electron chi connectivity index (χ2n) is 6.11. The Morgan fingerprint density at radius 3 is 2.64 bits per heavy atom. The maximum absolute atomic E-state index is 13.3. The largest absolute Gasteiger partial charge is 0.497 e. The van der Waals surface area contributed by atoms with Gasteiger partial charge in [0.25, 0.3) is 0 Å². The Labute approximate surface area is 144 Å². The first-order chi connectivity index (χ1) is 11.7. The van der Waals surface area contributed by atoms with Crippen LogP contribution in [0.25, 0.3) is 0 Å². The molecule has 1 aliphatic heterocycles. The van der Waals surface area contributed by atoms with Gasteiger partial charge in [0.1, 0.15) is 11.8 Å². The van der Waals surface area contributed by atoms with E-state index < -0.39 is 24.2 Å². The molecule has 1 saturated heterocycles. The van der Waals surface area contributed by atoms with Crippen molar-refractivity contribution in [3.63, 3.8) is 0 Å². The molecule has 0 unspecified atom stereocenters. The number of hydrogen-bond acceptors (Lipinski definition) is 3. The number of carbonyl (C=O) groups excluding carboxylic acids is 2. The highest BCUT2D eigenvalue weighted by Crippen LogP contribution is 2.32. The zero-order valence-electron chi connectivity index (χ0n) is 14.1. The topological polar surface area (TPSA) is 58.6 Å². The van der Waals surface area contributed by atoms with E-state index in [-0.39, 0.29) is 31.7 Å². The predicted molar refractivity (Wildman–Crippen MR) is 85.1 cm³/mol. The van der Waals surface area contributed by atoms with Gasteiger partial charge in [0, 0.05) is 19.5 Å². The highest BCUT2D eigenvalue weighted by atomic mass is 19.4. The van der Waals surface area contributed by atoms with Crippen LogP contribution in [0.2, 0.25) is 0 Å². The summed E-state index contributed by atoms with van der Waals surface area (Å²) in [6, 6.07) is 4.37. The number of nitrogens with zero attached hydrogens (tertiary/aromatic N) is 1. The first-order valence-corrected chi connectivity index (χ1v) is 7.97. The second kappa shape index (κ2) is 7.76. The van der Waals surface area contributed by atoms with Crippen molar-refractivity contribution in [2.75, 3.05) is 13.7 Å². The number of likely N-dealkylation sites (tertiary alicyclic amines) is 1. The highest BCUT2D eigenvalue weighted by molar-refractivity contribution is 5.80. The number of ether oxygens (including phenoxy) is 1. The zero-order chi connectivity index (χ0) is 18.6. The van der Waals surface area contributed by atoms with Crippen LogP contribution in [0.1, 0.15) is 25.3 Å². The average molecular weight is 358 g/mol. The molecule has 8 heteroatoms. The number of benzene rings is 1. The number of piperidine rings is 1. The van der Waals surface area contributed by atoms with Crippen LogP contribution < -0.4 is 10.1 Å². The number of amides is 2. The van der Waals surface area contributed by atoms with Gasteiger partial charge >= 0.3 is 6.18 Å². The second-order valence-corrected chi connectivity index (χ2v) is 6.11. The maximum atomic E-state index is 13.3. The third-order valence-corrected chi connectivity index (χ3v) is 4.18. The summed E-state index contributed by atoms with van der Waals surface area (Å²) in [5.74, 6) is -0.409. The van der Waals surface area contributed by atoms with Gasteiger partial charge in [0.2, 0.25) is 11.8 Å². The van der Waals surface area contributed by atoms with Crippen LogP contribution in [-0.2, 0) is 16.0 Å². The molecule has 0 bridgehead atoms. The predicted octanol–water partition coefficient (Wildman–Crippen LogP) is 2.30. The normalized spacial score (nSPS) is 20.9. The Bertz CT molecular complexity index is 634. The van der Waals surface area contributed by atoms with Gasteiger partial charge in [-0.2, -0.15) is 13.2 Å². The first-order valence-electron chi connectivity index (χ1n) is 7.97. The zero-order valence-corrected chi connectivity index (χ0v) is 14.1. The molecule has 2 atom stereocenters. The number of rotatable bonds is 4. The third kappa shape index (κ3) is 5.11. The number of hydrogen-bond donors (Lipinski definition) is 1. The molecule has 0 radical (unpaired) electrons. The van der Waals surface area contributed by atoms with E-state index in [1.54, 1.807) is 24.3 Å². The molecule has 0 saturated carbocycles. The van der Waals surface area contributed by atoms with Crippen LogP contribution in [0.3, 0.4) is 0 Å². The Morgan fingerprint density at radius 1 is 1.32 bits per heavy atom. The van der Waals surface area contributed by atoms with Crippen LogP contribution in [0.5, 0.6) is 5.75 Å². The standard InChI is InChI=1S/C17H21F3N2O3/c1-11(23)21-13-6-7-15(17(18,19)20)22(10-13)16(24)9-12-4-3-5-14(8-12)25-2/h3-5,8,13,15H,6-7,9-10H2,1-2H3,(H,21,23)/t13-,15+/m1/s1. The molecular weight excluding hydrogens is 337 g/mol. The Balaban J connectivity index is 2.16. The molecule has 2 amide bonds. The molecule has 1 aromatic carbocycles. The van der Waals surface area contributed by atoms with Crippen molar-refractivity contribution in [3.05, 3.63) is 29.8 Å². The molecule has 1 aromatic rings. The van der Waals surface area contributed by atoms with E-state index in [9.17, 15) is 22.8 Å². The molecule has 1 aliphatic rings. The lowest BCUT2D eigenvalue weighted by molar-refractivity contribution is -0.197. The van der Waals surface area contributed by atoms with Crippen molar-refractivity contribution in [3.8, 4) is 5.75 Å². The van der Waals surface area contributed by atoms with E-state index in [2.05, 4.69) is 5.32 Å². The smallest absolute Gasteiger partial charge is 0.408 e. The van der Waals surface area contributed by atoms with Gasteiger partial charge in [0.05, 0.1) is 13.5 Å². The van der Waals surface area contributed by atoms with E-state index in [0.29, 0.717) is 11.3 Å². The van der Waals surface area contributed by atoms with Crippen molar-refractivity contribution in [2.45, 2.75) is 44.4 Å². The van der Waals surface area contributed by atoms with E-state index in [1.807, 2.05) is 0 Å². The van der Waals surface area contributed by atoms with Crippen molar-refractivity contribution < 1.29 is 27.5 Å². The number of alkyl halides is 3. The Morgan fingerprint density at radius 2 is 2.04 bits per heavy atom. The SMILES string of the molecule is COc1cccc(CC(=O)N2C[C@H](NC(C)=O)CC[C@H]2C(F)(F)F)c1. The van der Waals surface area contributed by atoms with E-state index in [1.165, 1.54) is 14.0 Å². The van der Waals surface area contributed by atoms with E-state index >= 15 is 0 Å². The molecule has 138 valence electrons. The van der Waals surface area contributed by atoms with E-state index in [0.717, 1.165) is 4.90 Å². The van der Waals surface area contributed by atoms with Crippen LogP contribution in [-0.4, -0.2) is 48.6 Å². The lowest BCUT2D eigenvalue weighted by Gasteiger charge is -2.40. The Hall–Kier alpha value is -2.25.